The first-order valence-electron chi connectivity index (χ1n) is 5.88. The minimum atomic E-state index is 0.236. The fourth-order valence-electron chi connectivity index (χ4n) is 1.90. The molecule has 0 aliphatic heterocycles. The van der Waals surface area contributed by atoms with E-state index < -0.39 is 0 Å². The van der Waals surface area contributed by atoms with E-state index in [9.17, 15) is 0 Å². The van der Waals surface area contributed by atoms with Crippen LogP contribution < -0.4 is 10.6 Å². The molecule has 0 atom stereocenters. The van der Waals surface area contributed by atoms with Crippen LogP contribution in [0.4, 0.5) is 5.69 Å². The van der Waals surface area contributed by atoms with Gasteiger partial charge in [0.2, 0.25) is 0 Å². The third kappa shape index (κ3) is 3.22. The summed E-state index contributed by atoms with van der Waals surface area (Å²) in [5.41, 5.74) is 9.38. The second-order valence-electron chi connectivity index (χ2n) is 3.99. The summed E-state index contributed by atoms with van der Waals surface area (Å²) in [6.07, 6.45) is 0.797. The zero-order valence-corrected chi connectivity index (χ0v) is 10.2. The Morgan fingerprint density at radius 1 is 1.38 bits per heavy atom. The third-order valence-electron chi connectivity index (χ3n) is 2.76. The van der Waals surface area contributed by atoms with Crippen LogP contribution >= 0.6 is 0 Å². The molecule has 1 rings (SSSR count). The van der Waals surface area contributed by atoms with Crippen molar-refractivity contribution in [3.05, 3.63) is 29.3 Å². The summed E-state index contributed by atoms with van der Waals surface area (Å²) in [5.74, 6) is 0. The molecule has 1 aromatic rings. The number of hydrogen-bond donors (Lipinski definition) is 2. The van der Waals surface area contributed by atoms with Crippen LogP contribution in [0.2, 0.25) is 0 Å². The van der Waals surface area contributed by atoms with Gasteiger partial charge in [0.25, 0.3) is 0 Å². The molecule has 0 spiro atoms. The monoisotopic (exact) mass is 222 g/mol. The molecule has 0 heterocycles. The van der Waals surface area contributed by atoms with Gasteiger partial charge < -0.3 is 15.7 Å². The van der Waals surface area contributed by atoms with E-state index in [1.54, 1.807) is 0 Å². The van der Waals surface area contributed by atoms with Crippen LogP contribution in [0, 0.1) is 6.92 Å². The van der Waals surface area contributed by atoms with Gasteiger partial charge in [-0.05, 0) is 31.9 Å². The largest absolute Gasteiger partial charge is 0.396 e. The lowest BCUT2D eigenvalue weighted by molar-refractivity contribution is 0.289. The number of nitrogens with two attached hydrogens (primary N) is 1. The maximum Gasteiger partial charge on any atom is 0.0447 e. The Kier molecular flexibility index (Phi) is 5.29. The lowest BCUT2D eigenvalue weighted by Gasteiger charge is -2.25. The Morgan fingerprint density at radius 3 is 2.69 bits per heavy atom. The normalized spacial score (nSPS) is 10.5. The number of benzene rings is 1. The van der Waals surface area contributed by atoms with Gasteiger partial charge >= 0.3 is 0 Å². The molecule has 0 radical (unpaired) electrons. The molecular weight excluding hydrogens is 200 g/mol. The number of aliphatic hydroxyl groups excluding tert-OH is 1. The van der Waals surface area contributed by atoms with Crippen LogP contribution in [0.3, 0.4) is 0 Å². The molecule has 3 heteroatoms. The van der Waals surface area contributed by atoms with Crippen molar-refractivity contribution in [2.24, 2.45) is 5.73 Å². The standard InChI is InChI=1S/C13H22N2O/c1-3-15(7-4-8-16)13-6-5-11(2)9-12(13)10-14/h5-6,9,16H,3-4,7-8,10,14H2,1-2H3. The van der Waals surface area contributed by atoms with E-state index in [0.717, 1.165) is 19.5 Å². The van der Waals surface area contributed by atoms with Gasteiger partial charge in [-0.15, -0.1) is 0 Å². The Labute approximate surface area is 97.9 Å². The molecule has 90 valence electrons. The zero-order valence-electron chi connectivity index (χ0n) is 10.2. The second kappa shape index (κ2) is 6.51. The Balaban J connectivity index is 2.90. The summed E-state index contributed by atoms with van der Waals surface area (Å²) in [6, 6.07) is 6.37. The Hall–Kier alpha value is -1.06. The van der Waals surface area contributed by atoms with Gasteiger partial charge in [-0.1, -0.05) is 17.7 Å². The lowest BCUT2D eigenvalue weighted by Crippen LogP contribution is -2.26. The molecule has 3 N–H and O–H groups in total. The van der Waals surface area contributed by atoms with E-state index in [1.807, 2.05) is 0 Å². The van der Waals surface area contributed by atoms with E-state index in [1.165, 1.54) is 16.8 Å². The number of nitrogens with zero attached hydrogens (tertiary/aromatic N) is 1. The molecule has 0 bridgehead atoms. The minimum absolute atomic E-state index is 0.236. The molecule has 16 heavy (non-hydrogen) atoms. The van der Waals surface area contributed by atoms with Crippen LogP contribution in [0.15, 0.2) is 18.2 Å². The number of hydrogen-bond acceptors (Lipinski definition) is 3. The average Bonchev–Trinajstić information content (AvgIpc) is 2.31. The van der Waals surface area contributed by atoms with Gasteiger partial charge in [0, 0.05) is 31.9 Å². The SMILES string of the molecule is CCN(CCCO)c1ccc(C)cc1CN. The smallest absolute Gasteiger partial charge is 0.0447 e. The van der Waals surface area contributed by atoms with Gasteiger partial charge in [0.15, 0.2) is 0 Å². The van der Waals surface area contributed by atoms with Crippen LogP contribution in [-0.2, 0) is 6.54 Å². The molecule has 0 unspecified atom stereocenters. The van der Waals surface area contributed by atoms with Crippen molar-refractivity contribution in [3.8, 4) is 0 Å². The summed E-state index contributed by atoms with van der Waals surface area (Å²) >= 11 is 0. The van der Waals surface area contributed by atoms with Crippen molar-refractivity contribution in [2.45, 2.75) is 26.8 Å². The number of aliphatic hydroxyl groups is 1. The van der Waals surface area contributed by atoms with E-state index in [-0.39, 0.29) is 6.61 Å². The topological polar surface area (TPSA) is 49.5 Å². The van der Waals surface area contributed by atoms with Crippen molar-refractivity contribution in [1.29, 1.82) is 0 Å². The number of anilines is 1. The van der Waals surface area contributed by atoms with Crippen LogP contribution in [-0.4, -0.2) is 24.8 Å². The number of aryl methyl sites for hydroxylation is 1. The molecular formula is C13H22N2O. The van der Waals surface area contributed by atoms with Crippen LogP contribution in [0.25, 0.3) is 0 Å². The zero-order chi connectivity index (χ0) is 12.0. The highest BCUT2D eigenvalue weighted by molar-refractivity contribution is 5.54. The first-order chi connectivity index (χ1) is 7.72. The highest BCUT2D eigenvalue weighted by Gasteiger charge is 2.08. The predicted molar refractivity (Wildman–Crippen MR) is 68.7 cm³/mol. The quantitative estimate of drug-likeness (QED) is 0.769. The van der Waals surface area contributed by atoms with E-state index in [2.05, 4.69) is 36.9 Å². The van der Waals surface area contributed by atoms with Gasteiger partial charge in [0.1, 0.15) is 0 Å². The fraction of sp³-hybridized carbons (Fsp3) is 0.538. The highest BCUT2D eigenvalue weighted by Crippen LogP contribution is 2.21. The van der Waals surface area contributed by atoms with Crippen molar-refractivity contribution in [3.63, 3.8) is 0 Å². The van der Waals surface area contributed by atoms with E-state index in [0.29, 0.717) is 6.54 Å². The molecule has 0 saturated heterocycles. The predicted octanol–water partition coefficient (Wildman–Crippen LogP) is 1.66. The summed E-state index contributed by atoms with van der Waals surface area (Å²) in [6.45, 7) is 6.82. The summed E-state index contributed by atoms with van der Waals surface area (Å²) in [4.78, 5) is 2.26. The molecule has 3 nitrogen and oxygen atoms in total. The molecule has 0 aliphatic rings. The Bertz CT molecular complexity index is 326. The molecule has 0 aromatic heterocycles. The maximum absolute atomic E-state index is 8.88. The van der Waals surface area contributed by atoms with Crippen molar-refractivity contribution >= 4 is 5.69 Å². The average molecular weight is 222 g/mol. The van der Waals surface area contributed by atoms with E-state index in [4.69, 9.17) is 10.8 Å². The maximum atomic E-state index is 8.88. The first-order valence-corrected chi connectivity index (χ1v) is 5.88. The molecule has 0 fully saturated rings. The Morgan fingerprint density at radius 2 is 2.12 bits per heavy atom. The lowest BCUT2D eigenvalue weighted by atomic mass is 10.1. The molecule has 0 saturated carbocycles. The highest BCUT2D eigenvalue weighted by atomic mass is 16.3. The van der Waals surface area contributed by atoms with Gasteiger partial charge in [-0.3, -0.25) is 0 Å². The van der Waals surface area contributed by atoms with Crippen LogP contribution in [0.5, 0.6) is 0 Å². The third-order valence-corrected chi connectivity index (χ3v) is 2.76. The first kappa shape index (κ1) is 13.0. The second-order valence-corrected chi connectivity index (χ2v) is 3.99. The van der Waals surface area contributed by atoms with Gasteiger partial charge in [-0.25, -0.2) is 0 Å². The summed E-state index contributed by atoms with van der Waals surface area (Å²) in [5, 5.41) is 8.88. The number of rotatable bonds is 6. The van der Waals surface area contributed by atoms with Gasteiger partial charge in [-0.2, -0.15) is 0 Å². The molecule has 0 aliphatic carbocycles. The minimum Gasteiger partial charge on any atom is -0.396 e. The van der Waals surface area contributed by atoms with Crippen molar-refractivity contribution < 1.29 is 5.11 Å². The van der Waals surface area contributed by atoms with Crippen LogP contribution in [0.1, 0.15) is 24.5 Å². The summed E-state index contributed by atoms with van der Waals surface area (Å²) in [7, 11) is 0. The van der Waals surface area contributed by atoms with Gasteiger partial charge in [0.05, 0.1) is 0 Å². The molecule has 0 amide bonds. The van der Waals surface area contributed by atoms with Crippen molar-refractivity contribution in [1.82, 2.24) is 0 Å². The van der Waals surface area contributed by atoms with Crippen molar-refractivity contribution in [2.75, 3.05) is 24.6 Å². The molecule has 1 aromatic carbocycles. The van der Waals surface area contributed by atoms with E-state index >= 15 is 0 Å². The summed E-state index contributed by atoms with van der Waals surface area (Å²) < 4.78 is 0. The fourth-order valence-corrected chi connectivity index (χ4v) is 1.90.